The molecule has 0 spiro atoms. The van der Waals surface area contributed by atoms with Gasteiger partial charge in [0.15, 0.2) is 22.4 Å². The van der Waals surface area contributed by atoms with Crippen molar-refractivity contribution in [3.63, 3.8) is 0 Å². The molecule has 1 N–H and O–H groups in total. The van der Waals surface area contributed by atoms with Crippen LogP contribution in [0.4, 0.5) is 5.13 Å². The molecule has 0 saturated carbocycles. The third-order valence-corrected chi connectivity index (χ3v) is 7.77. The van der Waals surface area contributed by atoms with Crippen molar-refractivity contribution in [1.29, 1.82) is 0 Å². The van der Waals surface area contributed by atoms with Gasteiger partial charge in [0, 0.05) is 11.6 Å². The van der Waals surface area contributed by atoms with Crippen LogP contribution in [0.2, 0.25) is 0 Å². The summed E-state index contributed by atoms with van der Waals surface area (Å²) in [6.07, 6.45) is 1.57. The van der Waals surface area contributed by atoms with Gasteiger partial charge in [-0.15, -0.1) is 22.7 Å². The fourth-order valence-electron chi connectivity index (χ4n) is 4.26. The monoisotopic (exact) mass is 533 g/mol. The average molecular weight is 534 g/mol. The van der Waals surface area contributed by atoms with Crippen molar-refractivity contribution in [3.8, 4) is 11.5 Å². The molecule has 0 aliphatic carbocycles. The lowest BCUT2D eigenvalue weighted by molar-refractivity contribution is -0.117. The van der Waals surface area contributed by atoms with Crippen LogP contribution in [0, 0.1) is 13.8 Å². The highest BCUT2D eigenvalue weighted by molar-refractivity contribution is 7.14. The van der Waals surface area contributed by atoms with Gasteiger partial charge < -0.3 is 14.6 Å². The maximum atomic E-state index is 13.7. The summed E-state index contributed by atoms with van der Waals surface area (Å²) >= 11 is 2.47. The summed E-state index contributed by atoms with van der Waals surface area (Å²) in [7, 11) is 1.52. The zero-order chi connectivity index (χ0) is 26.1. The number of anilines is 1. The Bertz CT molecular complexity index is 1500. The van der Waals surface area contributed by atoms with E-state index in [1.807, 2.05) is 30.3 Å². The minimum atomic E-state index is -0.912. The van der Waals surface area contributed by atoms with Crippen LogP contribution in [-0.4, -0.2) is 33.9 Å². The number of carbonyl (C=O) groups is 2. The SMILES string of the molecule is COc1cc(C2C(C(=O)c3sc(C)nc3C)=C(O)C(=O)N2c2nccs2)ccc1OCc1ccccc1. The number of rotatable bonds is 8. The molecule has 10 heteroatoms. The molecule has 0 saturated heterocycles. The highest BCUT2D eigenvalue weighted by Crippen LogP contribution is 2.45. The number of carbonyl (C=O) groups excluding carboxylic acids is 2. The summed E-state index contributed by atoms with van der Waals surface area (Å²) in [5.74, 6) is -0.788. The molecule has 2 aromatic heterocycles. The lowest BCUT2D eigenvalue weighted by Gasteiger charge is -2.25. The van der Waals surface area contributed by atoms with E-state index < -0.39 is 23.5 Å². The Morgan fingerprint density at radius 1 is 1.14 bits per heavy atom. The van der Waals surface area contributed by atoms with Crippen LogP contribution in [0.1, 0.15) is 37.5 Å². The molecule has 3 heterocycles. The summed E-state index contributed by atoms with van der Waals surface area (Å²) in [4.78, 5) is 37.3. The van der Waals surface area contributed by atoms with E-state index >= 15 is 0 Å². The van der Waals surface area contributed by atoms with Crippen molar-refractivity contribution in [2.75, 3.05) is 12.0 Å². The first-order valence-electron chi connectivity index (χ1n) is 11.4. The Hall–Kier alpha value is -4.02. The van der Waals surface area contributed by atoms with Crippen molar-refractivity contribution >= 4 is 39.5 Å². The van der Waals surface area contributed by atoms with Crippen LogP contribution < -0.4 is 14.4 Å². The van der Waals surface area contributed by atoms with Gasteiger partial charge in [0.25, 0.3) is 5.91 Å². The number of aliphatic hydroxyl groups excluding tert-OH is 1. The average Bonchev–Trinajstić information content (AvgIpc) is 3.61. The molecule has 1 aliphatic heterocycles. The number of methoxy groups -OCH3 is 1. The van der Waals surface area contributed by atoms with Gasteiger partial charge >= 0.3 is 0 Å². The number of amides is 1. The van der Waals surface area contributed by atoms with Gasteiger partial charge in [-0.05, 0) is 37.1 Å². The number of nitrogens with zero attached hydrogens (tertiary/aromatic N) is 3. The first-order chi connectivity index (χ1) is 17.9. The first kappa shape index (κ1) is 24.7. The normalized spacial score (nSPS) is 15.4. The van der Waals surface area contributed by atoms with Crippen molar-refractivity contribution < 1.29 is 24.2 Å². The van der Waals surface area contributed by atoms with Gasteiger partial charge in [0.1, 0.15) is 6.61 Å². The smallest absolute Gasteiger partial charge is 0.296 e. The molecule has 0 radical (unpaired) electrons. The summed E-state index contributed by atoms with van der Waals surface area (Å²) < 4.78 is 11.6. The van der Waals surface area contributed by atoms with Crippen LogP contribution in [0.5, 0.6) is 11.5 Å². The number of hydrogen-bond acceptors (Lipinski definition) is 9. The van der Waals surface area contributed by atoms with Gasteiger partial charge in [0.05, 0.1) is 34.3 Å². The van der Waals surface area contributed by atoms with Gasteiger partial charge in [-0.25, -0.2) is 9.97 Å². The summed E-state index contributed by atoms with van der Waals surface area (Å²) in [6.45, 7) is 3.89. The molecule has 37 heavy (non-hydrogen) atoms. The predicted octanol–water partition coefficient (Wildman–Crippen LogP) is 5.59. The quantitative estimate of drug-likeness (QED) is 0.295. The second kappa shape index (κ2) is 10.2. The molecule has 1 amide bonds. The zero-order valence-electron chi connectivity index (χ0n) is 20.3. The molecule has 2 aromatic carbocycles. The minimum Gasteiger partial charge on any atom is -0.503 e. The summed E-state index contributed by atoms with van der Waals surface area (Å²) in [5, 5.41) is 13.8. The number of aliphatic hydroxyl groups is 1. The maximum absolute atomic E-state index is 13.7. The largest absolute Gasteiger partial charge is 0.503 e. The standard InChI is InChI=1S/C27H23N3O5S2/c1-15-25(37-16(2)29-15)23(31)21-22(30(26(33)24(21)32)27-28-11-12-36-27)18-9-10-19(20(13-18)34-3)35-14-17-7-5-4-6-8-17/h4-13,22,32H,14H2,1-3H3. The van der Waals surface area contributed by atoms with Crippen molar-refractivity contribution in [2.45, 2.75) is 26.5 Å². The number of ether oxygens (including phenoxy) is 2. The van der Waals surface area contributed by atoms with E-state index in [-0.39, 0.29) is 5.57 Å². The van der Waals surface area contributed by atoms with Crippen LogP contribution in [0.15, 0.2) is 71.4 Å². The van der Waals surface area contributed by atoms with Gasteiger partial charge in [-0.2, -0.15) is 0 Å². The van der Waals surface area contributed by atoms with Crippen molar-refractivity contribution in [1.82, 2.24) is 9.97 Å². The van der Waals surface area contributed by atoms with Gasteiger partial charge in [-0.3, -0.25) is 14.5 Å². The minimum absolute atomic E-state index is 0.0213. The molecular weight excluding hydrogens is 510 g/mol. The maximum Gasteiger partial charge on any atom is 0.296 e. The van der Waals surface area contributed by atoms with E-state index in [9.17, 15) is 14.7 Å². The highest BCUT2D eigenvalue weighted by atomic mass is 32.1. The summed E-state index contributed by atoms with van der Waals surface area (Å²) in [5.41, 5.74) is 2.10. The second-order valence-electron chi connectivity index (χ2n) is 8.32. The van der Waals surface area contributed by atoms with Crippen LogP contribution in [0.25, 0.3) is 0 Å². The van der Waals surface area contributed by atoms with E-state index in [4.69, 9.17) is 9.47 Å². The molecule has 5 rings (SSSR count). The van der Waals surface area contributed by atoms with Crippen molar-refractivity contribution in [2.24, 2.45) is 0 Å². The number of benzene rings is 2. The van der Waals surface area contributed by atoms with E-state index in [2.05, 4.69) is 9.97 Å². The molecule has 0 bridgehead atoms. The molecule has 4 aromatic rings. The Balaban J connectivity index is 1.56. The van der Waals surface area contributed by atoms with Crippen LogP contribution >= 0.6 is 22.7 Å². The summed E-state index contributed by atoms with van der Waals surface area (Å²) in [6, 6.07) is 14.0. The Kier molecular flexibility index (Phi) is 6.77. The Morgan fingerprint density at radius 2 is 1.92 bits per heavy atom. The first-order valence-corrected chi connectivity index (χ1v) is 13.1. The second-order valence-corrected chi connectivity index (χ2v) is 10.4. The van der Waals surface area contributed by atoms with E-state index in [0.29, 0.717) is 39.4 Å². The number of aromatic nitrogens is 2. The molecule has 1 aliphatic rings. The van der Waals surface area contributed by atoms with Crippen LogP contribution in [-0.2, 0) is 11.4 Å². The predicted molar refractivity (Wildman–Crippen MR) is 142 cm³/mol. The fraction of sp³-hybridized carbons (Fsp3) is 0.185. The molecule has 1 unspecified atom stereocenters. The lowest BCUT2D eigenvalue weighted by Crippen LogP contribution is -2.31. The number of ketones is 1. The molecular formula is C27H23N3O5S2. The van der Waals surface area contributed by atoms with Crippen molar-refractivity contribution in [3.05, 3.63) is 98.1 Å². The van der Waals surface area contributed by atoms with E-state index in [0.717, 1.165) is 10.6 Å². The number of aryl methyl sites for hydroxylation is 2. The lowest BCUT2D eigenvalue weighted by atomic mass is 9.95. The molecule has 0 fully saturated rings. The van der Waals surface area contributed by atoms with E-state index in [1.165, 1.54) is 34.7 Å². The molecule has 8 nitrogen and oxygen atoms in total. The molecule has 1 atom stereocenters. The Labute approximate surface area is 221 Å². The third-order valence-electron chi connectivity index (χ3n) is 5.93. The Morgan fingerprint density at radius 3 is 2.57 bits per heavy atom. The van der Waals surface area contributed by atoms with Crippen LogP contribution in [0.3, 0.4) is 0 Å². The number of hydrogen-bond donors (Lipinski definition) is 1. The highest BCUT2D eigenvalue weighted by Gasteiger charge is 2.46. The van der Waals surface area contributed by atoms with Gasteiger partial charge in [0.2, 0.25) is 5.78 Å². The van der Waals surface area contributed by atoms with E-state index in [1.54, 1.807) is 43.6 Å². The molecule has 188 valence electrons. The fourth-order valence-corrected chi connectivity index (χ4v) is 5.80. The van der Waals surface area contributed by atoms with Gasteiger partial charge in [-0.1, -0.05) is 36.4 Å². The number of thiazole rings is 2. The topological polar surface area (TPSA) is 102 Å². The third kappa shape index (κ3) is 4.61. The number of Topliss-reactive ketones (excluding diaryl/α,β-unsaturated/α-hetero) is 1. The zero-order valence-corrected chi connectivity index (χ0v) is 21.9.